The number of aryl methyl sites for hydroxylation is 2. The Morgan fingerprint density at radius 2 is 1.97 bits per heavy atom. The van der Waals surface area contributed by atoms with Crippen molar-refractivity contribution in [2.24, 2.45) is 0 Å². The van der Waals surface area contributed by atoms with Gasteiger partial charge in [0.2, 0.25) is 17.7 Å². The van der Waals surface area contributed by atoms with Crippen molar-refractivity contribution in [3.63, 3.8) is 0 Å². The van der Waals surface area contributed by atoms with Crippen LogP contribution in [0.5, 0.6) is 5.75 Å². The Balaban J connectivity index is 1.72. The molecule has 1 aliphatic heterocycles. The molecule has 10 nitrogen and oxygen atoms in total. The molecule has 166 valence electrons. The summed E-state index contributed by atoms with van der Waals surface area (Å²) in [6.45, 7) is 8.81. The van der Waals surface area contributed by atoms with Crippen LogP contribution in [0.2, 0.25) is 0 Å². The highest BCUT2D eigenvalue weighted by Crippen LogP contribution is 2.43. The van der Waals surface area contributed by atoms with Crippen LogP contribution < -0.4 is 15.0 Å². The van der Waals surface area contributed by atoms with E-state index in [1.807, 2.05) is 18.7 Å². The van der Waals surface area contributed by atoms with E-state index in [9.17, 15) is 14.5 Å². The summed E-state index contributed by atoms with van der Waals surface area (Å²) in [5.74, 6) is -0.381. The van der Waals surface area contributed by atoms with Gasteiger partial charge in [-0.25, -0.2) is 9.97 Å². The molecule has 3 aromatic rings. The summed E-state index contributed by atoms with van der Waals surface area (Å²) in [6, 6.07) is 4.05. The molecule has 3 heterocycles. The number of hydrogen-bond acceptors (Lipinski definition) is 9. The number of hydrogen-bond donors (Lipinski definition) is 1. The van der Waals surface area contributed by atoms with Crippen LogP contribution in [0.15, 0.2) is 24.5 Å². The van der Waals surface area contributed by atoms with Gasteiger partial charge in [0.25, 0.3) is 0 Å². The second kappa shape index (κ2) is 7.66. The zero-order valence-corrected chi connectivity index (χ0v) is 18.3. The molecular weight excluding hydrogens is 417 g/mol. The van der Waals surface area contributed by atoms with Crippen LogP contribution in [-0.4, -0.2) is 38.5 Å². The van der Waals surface area contributed by atoms with Crippen LogP contribution in [0.25, 0.3) is 0 Å². The fourth-order valence-electron chi connectivity index (χ4n) is 3.68. The highest BCUT2D eigenvalue weighted by molar-refractivity contribution is 5.70. The zero-order valence-electron chi connectivity index (χ0n) is 18.3. The minimum atomic E-state index is -0.997. The van der Waals surface area contributed by atoms with Gasteiger partial charge in [0.15, 0.2) is 0 Å². The molecule has 0 spiro atoms. The van der Waals surface area contributed by atoms with Crippen molar-refractivity contribution in [1.82, 2.24) is 19.9 Å². The number of nitro groups is 1. The van der Waals surface area contributed by atoms with Crippen LogP contribution >= 0.6 is 0 Å². The monoisotopic (exact) mass is 439 g/mol. The van der Waals surface area contributed by atoms with Gasteiger partial charge >= 0.3 is 5.69 Å². The van der Waals surface area contributed by atoms with E-state index in [0.717, 1.165) is 34.8 Å². The van der Waals surface area contributed by atoms with E-state index in [4.69, 9.17) is 9.72 Å². The van der Waals surface area contributed by atoms with E-state index in [0.29, 0.717) is 12.5 Å². The maximum atomic E-state index is 13.9. The lowest BCUT2D eigenvalue weighted by Gasteiger charge is -2.20. The van der Waals surface area contributed by atoms with Gasteiger partial charge in [-0.15, -0.1) is 0 Å². The van der Waals surface area contributed by atoms with E-state index < -0.39 is 16.4 Å². The van der Waals surface area contributed by atoms with Gasteiger partial charge in [-0.3, -0.25) is 15.1 Å². The third kappa shape index (κ3) is 3.66. The third-order valence-electron chi connectivity index (χ3n) is 5.44. The van der Waals surface area contributed by atoms with Crippen LogP contribution in [0.3, 0.4) is 0 Å². The molecular formula is C21H22FN7O3. The van der Waals surface area contributed by atoms with Crippen LogP contribution in [0, 0.1) is 29.8 Å². The van der Waals surface area contributed by atoms with Crippen LogP contribution in [-0.2, 0) is 5.41 Å². The summed E-state index contributed by atoms with van der Waals surface area (Å²) in [6.07, 6.45) is 1.34. The molecule has 0 aliphatic carbocycles. The number of nitro benzene ring substituents is 1. The van der Waals surface area contributed by atoms with E-state index in [1.165, 1.54) is 13.4 Å². The lowest BCUT2D eigenvalue weighted by atomic mass is 9.91. The van der Waals surface area contributed by atoms with Gasteiger partial charge in [-0.2, -0.15) is 9.37 Å². The molecule has 4 rings (SSSR count). The quantitative estimate of drug-likeness (QED) is 0.462. The fraction of sp³-hybridized carbons (Fsp3) is 0.333. The molecule has 32 heavy (non-hydrogen) atoms. The number of nitrogens with zero attached hydrogens (tertiary/aromatic N) is 6. The Hall–Kier alpha value is -3.89. The molecule has 0 bridgehead atoms. The molecule has 1 N–H and O–H groups in total. The van der Waals surface area contributed by atoms with Gasteiger partial charge in [-0.05, 0) is 25.5 Å². The number of anilines is 4. The predicted molar refractivity (Wildman–Crippen MR) is 116 cm³/mol. The van der Waals surface area contributed by atoms with Crippen LogP contribution in [0.1, 0.15) is 30.8 Å². The number of benzene rings is 1. The zero-order chi connectivity index (χ0) is 23.2. The van der Waals surface area contributed by atoms with Crippen molar-refractivity contribution in [2.75, 3.05) is 23.9 Å². The number of rotatable bonds is 5. The molecule has 0 amide bonds. The van der Waals surface area contributed by atoms with Crippen molar-refractivity contribution in [1.29, 1.82) is 0 Å². The Labute approximate surface area is 183 Å². The topological polar surface area (TPSA) is 119 Å². The first kappa shape index (κ1) is 21.3. The third-order valence-corrected chi connectivity index (χ3v) is 5.44. The number of ether oxygens (including phenoxy) is 1. The number of aromatic nitrogens is 4. The summed E-state index contributed by atoms with van der Waals surface area (Å²) < 4.78 is 19.1. The predicted octanol–water partition coefficient (Wildman–Crippen LogP) is 4.11. The smallest absolute Gasteiger partial charge is 0.307 e. The summed E-state index contributed by atoms with van der Waals surface area (Å²) in [4.78, 5) is 30.0. The molecule has 0 saturated heterocycles. The molecule has 0 fully saturated rings. The maximum absolute atomic E-state index is 13.9. The molecule has 11 heteroatoms. The molecule has 1 aliphatic rings. The SMILES string of the molecule is COc1cc(F)c([N+](=O)[O-])cc1Nc1ncnc(N2CC(C)(C)c3nc(C)c(C)cc32)n1. The van der Waals surface area contributed by atoms with Crippen molar-refractivity contribution >= 4 is 29.0 Å². The number of nitrogens with one attached hydrogen (secondary N) is 1. The number of pyridine rings is 1. The summed E-state index contributed by atoms with van der Waals surface area (Å²) in [5.41, 5.74) is 3.18. The maximum Gasteiger partial charge on any atom is 0.307 e. The van der Waals surface area contributed by atoms with E-state index in [-0.39, 0.29) is 22.8 Å². The highest BCUT2D eigenvalue weighted by atomic mass is 19.1. The molecule has 2 aromatic heterocycles. The first-order valence-corrected chi connectivity index (χ1v) is 9.85. The van der Waals surface area contributed by atoms with Crippen molar-refractivity contribution < 1.29 is 14.1 Å². The lowest BCUT2D eigenvalue weighted by molar-refractivity contribution is -0.387. The molecule has 0 saturated carbocycles. The molecule has 0 radical (unpaired) electrons. The first-order valence-electron chi connectivity index (χ1n) is 9.85. The molecule has 1 aromatic carbocycles. The summed E-state index contributed by atoms with van der Waals surface area (Å²) in [7, 11) is 1.34. The average Bonchev–Trinajstić information content (AvgIpc) is 2.99. The van der Waals surface area contributed by atoms with E-state index in [1.54, 1.807) is 0 Å². The summed E-state index contributed by atoms with van der Waals surface area (Å²) in [5, 5.41) is 14.0. The molecule has 0 unspecified atom stereocenters. The normalized spacial score (nSPS) is 14.2. The van der Waals surface area contributed by atoms with Gasteiger partial charge in [0, 0.05) is 29.8 Å². The highest BCUT2D eigenvalue weighted by Gasteiger charge is 2.39. The summed E-state index contributed by atoms with van der Waals surface area (Å²) >= 11 is 0. The van der Waals surface area contributed by atoms with Crippen molar-refractivity contribution in [2.45, 2.75) is 33.1 Å². The largest absolute Gasteiger partial charge is 0.494 e. The second-order valence-electron chi connectivity index (χ2n) is 8.22. The minimum absolute atomic E-state index is 0.0815. The second-order valence-corrected chi connectivity index (χ2v) is 8.22. The standard InChI is InChI=1S/C21H22FN7O3/c1-11-6-16-18(25-12(11)2)21(3,4)9-28(16)20-24-10-23-19(27-20)26-14-8-15(29(30)31)13(22)7-17(14)32-5/h6-8,10H,9H2,1-5H3,(H,23,24,26,27). The van der Waals surface area contributed by atoms with E-state index in [2.05, 4.69) is 40.2 Å². The number of methoxy groups -OCH3 is 1. The Bertz CT molecular complexity index is 1230. The van der Waals surface area contributed by atoms with Crippen LogP contribution in [0.4, 0.5) is 33.3 Å². The van der Waals surface area contributed by atoms with Gasteiger partial charge < -0.3 is 15.0 Å². The fourth-order valence-corrected chi connectivity index (χ4v) is 3.68. The number of fused-ring (bicyclic) bond motifs is 1. The first-order chi connectivity index (χ1) is 15.1. The van der Waals surface area contributed by atoms with Gasteiger partial charge in [0.05, 0.1) is 29.1 Å². The molecule has 0 atom stereocenters. The Morgan fingerprint density at radius 3 is 2.66 bits per heavy atom. The minimum Gasteiger partial charge on any atom is -0.494 e. The van der Waals surface area contributed by atoms with Gasteiger partial charge in [0.1, 0.15) is 12.1 Å². The van der Waals surface area contributed by atoms with E-state index >= 15 is 0 Å². The number of halogens is 1. The van der Waals surface area contributed by atoms with Crippen molar-refractivity contribution in [3.05, 3.63) is 57.4 Å². The van der Waals surface area contributed by atoms with Crippen molar-refractivity contribution in [3.8, 4) is 5.75 Å². The lowest BCUT2D eigenvalue weighted by Crippen LogP contribution is -2.26. The van der Waals surface area contributed by atoms with Gasteiger partial charge in [-0.1, -0.05) is 13.8 Å². The average molecular weight is 439 g/mol. The Kier molecular flexibility index (Phi) is 5.11. The Morgan fingerprint density at radius 1 is 1.22 bits per heavy atom.